The number of amides is 1. The van der Waals surface area contributed by atoms with Gasteiger partial charge in [0, 0.05) is 26.2 Å². The number of hydrogen-bond donors (Lipinski definition) is 1. The number of carbonyl (C=O) groups is 1. The monoisotopic (exact) mass is 350 g/mol. The van der Waals surface area contributed by atoms with Crippen molar-refractivity contribution in [2.24, 2.45) is 0 Å². The van der Waals surface area contributed by atoms with Gasteiger partial charge in [0.15, 0.2) is 0 Å². The molecule has 0 aromatic heterocycles. The summed E-state index contributed by atoms with van der Waals surface area (Å²) in [5, 5.41) is 9.45. The quantitative estimate of drug-likeness (QED) is 0.814. The van der Waals surface area contributed by atoms with Crippen LogP contribution >= 0.6 is 0 Å². The van der Waals surface area contributed by atoms with Crippen LogP contribution in [0.4, 0.5) is 0 Å². The molecule has 0 radical (unpaired) electrons. The van der Waals surface area contributed by atoms with Crippen LogP contribution in [-0.4, -0.2) is 59.6 Å². The van der Waals surface area contributed by atoms with E-state index in [1.54, 1.807) is 6.08 Å². The lowest BCUT2D eigenvalue weighted by molar-refractivity contribution is -0.133. The lowest BCUT2D eigenvalue weighted by Crippen LogP contribution is -2.53. The number of aliphatic hydroxyl groups excluding tert-OH is 1. The molecule has 1 saturated heterocycles. The van der Waals surface area contributed by atoms with Crippen molar-refractivity contribution in [2.75, 3.05) is 32.8 Å². The van der Waals surface area contributed by atoms with Gasteiger partial charge in [0.2, 0.25) is 5.91 Å². The Morgan fingerprint density at radius 3 is 1.88 bits per heavy atom. The highest BCUT2D eigenvalue weighted by Crippen LogP contribution is 2.27. The van der Waals surface area contributed by atoms with E-state index in [0.29, 0.717) is 13.1 Å². The Labute approximate surface area is 155 Å². The van der Waals surface area contributed by atoms with Crippen molar-refractivity contribution in [3.05, 3.63) is 84.4 Å². The van der Waals surface area contributed by atoms with E-state index in [0.717, 1.165) is 24.2 Å². The third-order valence-electron chi connectivity index (χ3n) is 5.07. The zero-order valence-electron chi connectivity index (χ0n) is 15.0. The van der Waals surface area contributed by atoms with Crippen molar-refractivity contribution in [3.8, 4) is 0 Å². The van der Waals surface area contributed by atoms with Gasteiger partial charge in [-0.05, 0) is 11.1 Å². The third kappa shape index (κ3) is 4.03. The van der Waals surface area contributed by atoms with E-state index in [1.807, 2.05) is 65.6 Å². The van der Waals surface area contributed by atoms with Gasteiger partial charge in [-0.3, -0.25) is 9.69 Å². The summed E-state index contributed by atoms with van der Waals surface area (Å²) >= 11 is 0. The number of piperazine rings is 1. The summed E-state index contributed by atoms with van der Waals surface area (Å²) in [4.78, 5) is 17.5. The molecule has 1 N–H and O–H groups in total. The predicted molar refractivity (Wildman–Crippen MR) is 104 cm³/mol. The van der Waals surface area contributed by atoms with Gasteiger partial charge in [-0.25, -0.2) is 0 Å². The van der Waals surface area contributed by atoms with Crippen LogP contribution in [-0.2, 0) is 4.79 Å². The molecular weight excluding hydrogens is 324 g/mol. The first-order valence-electron chi connectivity index (χ1n) is 9.10. The normalized spacial score (nSPS) is 16.5. The summed E-state index contributed by atoms with van der Waals surface area (Å²) in [6, 6.07) is 19.9. The topological polar surface area (TPSA) is 43.8 Å². The molecule has 1 atom stereocenters. The summed E-state index contributed by atoms with van der Waals surface area (Å²) in [5.41, 5.74) is 2.04. The molecule has 0 saturated carbocycles. The molecule has 2 aromatic carbocycles. The first kappa shape index (κ1) is 18.4. The molecule has 1 aliphatic rings. The number of nitrogens with zero attached hydrogens (tertiary/aromatic N) is 2. The van der Waals surface area contributed by atoms with Crippen molar-refractivity contribution >= 4 is 5.91 Å². The highest BCUT2D eigenvalue weighted by molar-refractivity contribution is 5.87. The van der Waals surface area contributed by atoms with Gasteiger partial charge in [-0.1, -0.05) is 66.7 Å². The van der Waals surface area contributed by atoms with Crippen LogP contribution in [0.15, 0.2) is 73.3 Å². The van der Waals surface area contributed by atoms with Crippen molar-refractivity contribution < 1.29 is 9.90 Å². The van der Waals surface area contributed by atoms with E-state index in [-0.39, 0.29) is 24.5 Å². The number of carbonyl (C=O) groups excluding carboxylic acids is 1. The minimum Gasteiger partial charge on any atom is -0.394 e. The number of aliphatic hydroxyl groups is 1. The van der Waals surface area contributed by atoms with Crippen LogP contribution in [0.25, 0.3) is 0 Å². The van der Waals surface area contributed by atoms with Crippen molar-refractivity contribution in [1.82, 2.24) is 9.80 Å². The maximum absolute atomic E-state index is 13.4. The van der Waals surface area contributed by atoms with Crippen molar-refractivity contribution in [2.45, 2.75) is 12.0 Å². The van der Waals surface area contributed by atoms with Crippen LogP contribution < -0.4 is 0 Å². The Morgan fingerprint density at radius 2 is 1.46 bits per heavy atom. The average Bonchev–Trinajstić information content (AvgIpc) is 2.71. The Kier molecular flexibility index (Phi) is 6.21. The van der Waals surface area contributed by atoms with Gasteiger partial charge in [0.1, 0.15) is 0 Å². The minimum absolute atomic E-state index is 0.0358. The van der Waals surface area contributed by atoms with Crippen LogP contribution in [0, 0.1) is 0 Å². The Hall–Kier alpha value is -2.43. The fraction of sp³-hybridized carbons (Fsp3) is 0.318. The average molecular weight is 350 g/mol. The van der Waals surface area contributed by atoms with Crippen LogP contribution in [0.3, 0.4) is 0 Å². The van der Waals surface area contributed by atoms with E-state index in [1.165, 1.54) is 0 Å². The molecule has 1 heterocycles. The summed E-state index contributed by atoms with van der Waals surface area (Å²) < 4.78 is 0. The Balaban J connectivity index is 1.78. The van der Waals surface area contributed by atoms with Gasteiger partial charge in [0.05, 0.1) is 18.6 Å². The second-order valence-electron chi connectivity index (χ2n) is 6.60. The van der Waals surface area contributed by atoms with E-state index >= 15 is 0 Å². The fourth-order valence-electron chi connectivity index (χ4n) is 3.56. The first-order chi connectivity index (χ1) is 12.7. The Bertz CT molecular complexity index is 670. The standard InChI is InChI=1S/C22H26N2O2/c1-2-20(17-25)23-13-15-24(16-14-23)22(26)21(18-9-5-3-6-10-18)19-11-7-4-8-12-19/h2-12,20-21,25H,1,13-17H2. The summed E-state index contributed by atoms with van der Waals surface area (Å²) in [7, 11) is 0. The molecule has 1 fully saturated rings. The lowest BCUT2D eigenvalue weighted by atomic mass is 9.90. The van der Waals surface area contributed by atoms with E-state index in [4.69, 9.17) is 0 Å². The van der Waals surface area contributed by atoms with Crippen LogP contribution in [0.2, 0.25) is 0 Å². The van der Waals surface area contributed by atoms with E-state index < -0.39 is 0 Å². The summed E-state index contributed by atoms with van der Waals surface area (Å²) in [6.45, 7) is 6.68. The fourth-order valence-corrected chi connectivity index (χ4v) is 3.56. The minimum atomic E-state index is -0.281. The van der Waals surface area contributed by atoms with Gasteiger partial charge in [0.25, 0.3) is 0 Å². The molecule has 26 heavy (non-hydrogen) atoms. The smallest absolute Gasteiger partial charge is 0.234 e. The largest absolute Gasteiger partial charge is 0.394 e. The number of benzene rings is 2. The Morgan fingerprint density at radius 1 is 0.962 bits per heavy atom. The van der Waals surface area contributed by atoms with Crippen molar-refractivity contribution in [1.29, 1.82) is 0 Å². The molecule has 2 aromatic rings. The van der Waals surface area contributed by atoms with Crippen LogP contribution in [0.1, 0.15) is 17.0 Å². The first-order valence-corrected chi connectivity index (χ1v) is 9.10. The molecular formula is C22H26N2O2. The number of rotatable bonds is 6. The van der Waals surface area contributed by atoms with Gasteiger partial charge < -0.3 is 10.0 Å². The van der Waals surface area contributed by atoms with E-state index in [2.05, 4.69) is 11.5 Å². The third-order valence-corrected chi connectivity index (χ3v) is 5.07. The molecule has 0 bridgehead atoms. The zero-order valence-corrected chi connectivity index (χ0v) is 15.0. The second-order valence-corrected chi connectivity index (χ2v) is 6.60. The molecule has 4 heteroatoms. The molecule has 1 amide bonds. The van der Waals surface area contributed by atoms with Gasteiger partial charge in [-0.15, -0.1) is 6.58 Å². The SMILES string of the molecule is C=CC(CO)N1CCN(C(=O)C(c2ccccc2)c2ccccc2)CC1. The summed E-state index contributed by atoms with van der Waals surface area (Å²) in [5.74, 6) is -0.141. The number of hydrogen-bond acceptors (Lipinski definition) is 3. The highest BCUT2D eigenvalue weighted by atomic mass is 16.3. The maximum Gasteiger partial charge on any atom is 0.234 e. The molecule has 1 unspecified atom stereocenters. The second kappa shape index (κ2) is 8.79. The zero-order chi connectivity index (χ0) is 18.4. The van der Waals surface area contributed by atoms with Gasteiger partial charge >= 0.3 is 0 Å². The predicted octanol–water partition coefficient (Wildman–Crippen LogP) is 2.51. The molecule has 136 valence electrons. The van der Waals surface area contributed by atoms with Gasteiger partial charge in [-0.2, -0.15) is 0 Å². The summed E-state index contributed by atoms with van der Waals surface area (Å²) in [6.07, 6.45) is 1.77. The van der Waals surface area contributed by atoms with E-state index in [9.17, 15) is 9.90 Å². The van der Waals surface area contributed by atoms with Crippen molar-refractivity contribution in [3.63, 3.8) is 0 Å². The molecule has 3 rings (SSSR count). The molecule has 1 aliphatic heterocycles. The molecule has 4 nitrogen and oxygen atoms in total. The molecule has 0 spiro atoms. The van der Waals surface area contributed by atoms with Crippen LogP contribution in [0.5, 0.6) is 0 Å². The maximum atomic E-state index is 13.4. The highest BCUT2D eigenvalue weighted by Gasteiger charge is 2.30. The lowest BCUT2D eigenvalue weighted by Gasteiger charge is -2.39. The molecule has 0 aliphatic carbocycles.